The third kappa shape index (κ3) is 4.52. The molecule has 162 valence electrons. The van der Waals surface area contributed by atoms with Gasteiger partial charge >= 0.3 is 0 Å². The predicted octanol–water partition coefficient (Wildman–Crippen LogP) is 2.39. The molecule has 0 spiro atoms. The molecule has 9 heteroatoms. The van der Waals surface area contributed by atoms with Gasteiger partial charge in [-0.1, -0.05) is 12.1 Å². The molecular formula is C22H23FN4O3S. The number of aromatic nitrogens is 1. The highest BCUT2D eigenvalue weighted by molar-refractivity contribution is 7.89. The van der Waals surface area contributed by atoms with E-state index in [1.807, 2.05) is 0 Å². The van der Waals surface area contributed by atoms with E-state index in [0.717, 1.165) is 5.69 Å². The van der Waals surface area contributed by atoms with Gasteiger partial charge in [0.1, 0.15) is 5.82 Å². The van der Waals surface area contributed by atoms with Gasteiger partial charge in [-0.25, -0.2) is 12.8 Å². The smallest absolute Gasteiger partial charge is 0.241 e. The fourth-order valence-electron chi connectivity index (χ4n) is 3.78. The Morgan fingerprint density at radius 2 is 1.77 bits per heavy atom. The number of halogens is 1. The maximum Gasteiger partial charge on any atom is 0.241 e. The number of carbonyl (C=O) groups excluding carboxylic acids is 1. The van der Waals surface area contributed by atoms with Crippen molar-refractivity contribution in [3.63, 3.8) is 0 Å². The monoisotopic (exact) mass is 442 g/mol. The molecule has 1 saturated heterocycles. The van der Waals surface area contributed by atoms with Crippen LogP contribution in [0.2, 0.25) is 0 Å². The standard InChI is InChI=1S/C22H23FN4O3S/c1-16(25-31(29,30)21-4-2-3-17-15-24-10-9-20(17)21)22(28)27-13-11-26(12-14-27)19-7-5-18(23)6-8-19/h2-10,15-16,25H,11-14H2,1H3/t16-/m0/s1. The van der Waals surface area contributed by atoms with E-state index in [9.17, 15) is 17.6 Å². The van der Waals surface area contributed by atoms with Gasteiger partial charge in [-0.2, -0.15) is 4.72 Å². The van der Waals surface area contributed by atoms with E-state index < -0.39 is 16.1 Å². The molecule has 2 heterocycles. The van der Waals surface area contributed by atoms with Gasteiger partial charge < -0.3 is 9.80 Å². The summed E-state index contributed by atoms with van der Waals surface area (Å²) in [7, 11) is -3.90. The second kappa shape index (κ2) is 8.60. The number of hydrogen-bond donors (Lipinski definition) is 1. The number of sulfonamides is 1. The number of benzene rings is 2. The van der Waals surface area contributed by atoms with Gasteiger partial charge in [0.2, 0.25) is 15.9 Å². The Morgan fingerprint density at radius 3 is 2.48 bits per heavy atom. The lowest BCUT2D eigenvalue weighted by Crippen LogP contribution is -2.54. The van der Waals surface area contributed by atoms with Gasteiger partial charge in [0, 0.05) is 55.0 Å². The minimum Gasteiger partial charge on any atom is -0.368 e. The lowest BCUT2D eigenvalue weighted by atomic mass is 10.2. The largest absolute Gasteiger partial charge is 0.368 e. The van der Waals surface area contributed by atoms with E-state index in [4.69, 9.17) is 0 Å². The summed E-state index contributed by atoms with van der Waals surface area (Å²) in [6.07, 6.45) is 3.14. The summed E-state index contributed by atoms with van der Waals surface area (Å²) in [6, 6.07) is 11.9. The number of amides is 1. The molecule has 1 aliphatic heterocycles. The average molecular weight is 443 g/mol. The van der Waals surface area contributed by atoms with Gasteiger partial charge in [0.05, 0.1) is 10.9 Å². The number of carbonyl (C=O) groups is 1. The zero-order valence-corrected chi connectivity index (χ0v) is 17.8. The van der Waals surface area contributed by atoms with Gasteiger partial charge in [-0.05, 0) is 43.3 Å². The number of nitrogens with zero attached hydrogens (tertiary/aromatic N) is 3. The summed E-state index contributed by atoms with van der Waals surface area (Å²) in [5, 5.41) is 1.26. The normalized spacial score (nSPS) is 15.8. The summed E-state index contributed by atoms with van der Waals surface area (Å²) >= 11 is 0. The number of pyridine rings is 1. The lowest BCUT2D eigenvalue weighted by molar-refractivity contribution is -0.132. The first-order valence-corrected chi connectivity index (χ1v) is 11.5. The predicted molar refractivity (Wildman–Crippen MR) is 117 cm³/mol. The van der Waals surface area contributed by atoms with Gasteiger partial charge in [-0.3, -0.25) is 9.78 Å². The molecule has 1 aromatic heterocycles. The Balaban J connectivity index is 1.42. The third-order valence-electron chi connectivity index (χ3n) is 5.42. The van der Waals surface area contributed by atoms with Crippen molar-refractivity contribution in [2.75, 3.05) is 31.1 Å². The third-order valence-corrected chi connectivity index (χ3v) is 7.01. The van der Waals surface area contributed by atoms with Crippen LogP contribution in [0, 0.1) is 5.82 Å². The Labute approximate surface area is 180 Å². The first kappa shape index (κ1) is 21.2. The number of anilines is 1. The van der Waals surface area contributed by atoms with Crippen molar-refractivity contribution in [1.82, 2.24) is 14.6 Å². The topological polar surface area (TPSA) is 82.6 Å². The number of hydrogen-bond acceptors (Lipinski definition) is 5. The molecular weight excluding hydrogens is 419 g/mol. The highest BCUT2D eigenvalue weighted by Crippen LogP contribution is 2.22. The number of piperazine rings is 1. The molecule has 0 radical (unpaired) electrons. The van der Waals surface area contributed by atoms with Gasteiger partial charge in [-0.15, -0.1) is 0 Å². The second-order valence-corrected chi connectivity index (χ2v) is 9.17. The highest BCUT2D eigenvalue weighted by Gasteiger charge is 2.29. The van der Waals surface area contributed by atoms with E-state index in [1.165, 1.54) is 24.4 Å². The van der Waals surface area contributed by atoms with Crippen LogP contribution in [0.1, 0.15) is 6.92 Å². The Morgan fingerprint density at radius 1 is 1.06 bits per heavy atom. The Hall–Kier alpha value is -3.04. The number of nitrogens with one attached hydrogen (secondary N) is 1. The SMILES string of the molecule is C[C@H](NS(=O)(=O)c1cccc2cnccc12)C(=O)N1CCN(c2ccc(F)cc2)CC1. The summed E-state index contributed by atoms with van der Waals surface area (Å²) in [5.74, 6) is -0.564. The fourth-order valence-corrected chi connectivity index (χ4v) is 5.21. The zero-order valence-electron chi connectivity index (χ0n) is 17.0. The minimum atomic E-state index is -3.90. The van der Waals surface area contributed by atoms with Crippen LogP contribution in [-0.2, 0) is 14.8 Å². The van der Waals surface area contributed by atoms with Gasteiger partial charge in [0.25, 0.3) is 0 Å². The van der Waals surface area contributed by atoms with Crippen molar-refractivity contribution in [2.24, 2.45) is 0 Å². The van der Waals surface area contributed by atoms with Crippen LogP contribution in [0.15, 0.2) is 65.8 Å². The molecule has 1 N–H and O–H groups in total. The molecule has 0 bridgehead atoms. The fraction of sp³-hybridized carbons (Fsp3) is 0.273. The Kier molecular flexibility index (Phi) is 5.88. The molecule has 1 atom stereocenters. The van der Waals surface area contributed by atoms with Crippen LogP contribution in [0.4, 0.5) is 10.1 Å². The summed E-state index contributed by atoms with van der Waals surface area (Å²) in [5.41, 5.74) is 0.896. The van der Waals surface area contributed by atoms with E-state index in [-0.39, 0.29) is 16.6 Å². The molecule has 1 aliphatic rings. The molecule has 2 aromatic carbocycles. The maximum atomic E-state index is 13.1. The second-order valence-electron chi connectivity index (χ2n) is 7.48. The van der Waals surface area contributed by atoms with E-state index in [0.29, 0.717) is 37.0 Å². The molecule has 1 fully saturated rings. The van der Waals surface area contributed by atoms with Crippen LogP contribution in [0.3, 0.4) is 0 Å². The van der Waals surface area contributed by atoms with E-state index in [1.54, 1.807) is 48.4 Å². The van der Waals surface area contributed by atoms with Crippen LogP contribution in [-0.4, -0.2) is 56.4 Å². The van der Waals surface area contributed by atoms with Crippen molar-refractivity contribution in [3.05, 3.63) is 66.7 Å². The van der Waals surface area contributed by atoms with Crippen molar-refractivity contribution in [3.8, 4) is 0 Å². The van der Waals surface area contributed by atoms with Crippen LogP contribution in [0.25, 0.3) is 10.8 Å². The lowest BCUT2D eigenvalue weighted by Gasteiger charge is -2.37. The van der Waals surface area contributed by atoms with Crippen LogP contribution < -0.4 is 9.62 Å². The molecule has 7 nitrogen and oxygen atoms in total. The van der Waals surface area contributed by atoms with Crippen molar-refractivity contribution in [1.29, 1.82) is 0 Å². The maximum absolute atomic E-state index is 13.1. The minimum absolute atomic E-state index is 0.119. The van der Waals surface area contributed by atoms with Gasteiger partial charge in [0.15, 0.2) is 0 Å². The highest BCUT2D eigenvalue weighted by atomic mass is 32.2. The van der Waals surface area contributed by atoms with Crippen LogP contribution in [0.5, 0.6) is 0 Å². The summed E-state index contributed by atoms with van der Waals surface area (Å²) < 4.78 is 41.6. The first-order chi connectivity index (χ1) is 14.8. The molecule has 1 amide bonds. The van der Waals surface area contributed by atoms with Crippen molar-refractivity contribution >= 4 is 32.4 Å². The Bertz CT molecular complexity index is 1190. The molecule has 3 aromatic rings. The molecule has 31 heavy (non-hydrogen) atoms. The molecule has 0 saturated carbocycles. The van der Waals surface area contributed by atoms with Crippen LogP contribution >= 0.6 is 0 Å². The summed E-state index contributed by atoms with van der Waals surface area (Å²) in [4.78, 5) is 20.7. The quantitative estimate of drug-likeness (QED) is 0.656. The van der Waals surface area contributed by atoms with E-state index >= 15 is 0 Å². The molecule has 4 rings (SSSR count). The van der Waals surface area contributed by atoms with E-state index in [2.05, 4.69) is 14.6 Å². The molecule has 0 aliphatic carbocycles. The first-order valence-electron chi connectivity index (χ1n) is 9.99. The number of rotatable bonds is 5. The molecule has 0 unspecified atom stereocenters. The summed E-state index contributed by atoms with van der Waals surface area (Å²) in [6.45, 7) is 3.66. The van der Waals surface area contributed by atoms with Crippen molar-refractivity contribution in [2.45, 2.75) is 17.9 Å². The average Bonchev–Trinajstić information content (AvgIpc) is 2.78. The number of fused-ring (bicyclic) bond motifs is 1. The zero-order chi connectivity index (χ0) is 22.0. The van der Waals surface area contributed by atoms with Crippen molar-refractivity contribution < 1.29 is 17.6 Å².